The number of hydrogen-bond donors (Lipinski definition) is 1. The third-order valence-electron chi connectivity index (χ3n) is 8.74. The van der Waals surface area contributed by atoms with Crippen LogP contribution in [0.5, 0.6) is 0 Å². The van der Waals surface area contributed by atoms with Crippen LogP contribution in [-0.4, -0.2) is 67.1 Å². The molecule has 35 heavy (non-hydrogen) atoms. The Bertz CT molecular complexity index is 1320. The molecule has 0 saturated carbocycles. The molecule has 5 nitrogen and oxygen atoms in total. The van der Waals surface area contributed by atoms with E-state index in [1.54, 1.807) is 0 Å². The maximum atomic E-state index is 10.1. The first-order chi connectivity index (χ1) is 16.8. The number of halogens is 1. The molecule has 2 fully saturated rings. The third-order valence-corrected chi connectivity index (χ3v) is 9.23. The van der Waals surface area contributed by atoms with Crippen molar-refractivity contribution in [2.45, 2.75) is 44.6 Å². The van der Waals surface area contributed by atoms with E-state index in [2.05, 4.69) is 92.9 Å². The standard InChI is InChI=1S/C29H34BrN5/c1-29(2)25-17-27(35-8-6-22(7-9-35)34-12-10-33(3)11-13-34)20(18-31)14-19(25)15-24-23-5-4-21(30)16-26(23)32-28(24)29/h4-5,14,16-17,22,32H,6-13,15H2,1-3H3. The molecular weight excluding hydrogens is 498 g/mol. The van der Waals surface area contributed by atoms with Crippen LogP contribution in [0.1, 0.15) is 54.6 Å². The lowest BCUT2D eigenvalue weighted by Crippen LogP contribution is -2.52. The number of benzene rings is 2. The molecule has 2 saturated heterocycles. The zero-order valence-corrected chi connectivity index (χ0v) is 22.6. The molecule has 0 atom stereocenters. The molecule has 0 amide bonds. The van der Waals surface area contributed by atoms with Gasteiger partial charge in [-0.05, 0) is 60.8 Å². The minimum atomic E-state index is -0.144. The van der Waals surface area contributed by atoms with Gasteiger partial charge in [0, 0.05) is 78.2 Å². The van der Waals surface area contributed by atoms with Gasteiger partial charge in [-0.1, -0.05) is 35.8 Å². The van der Waals surface area contributed by atoms with Crippen LogP contribution in [0.4, 0.5) is 5.69 Å². The Labute approximate surface area is 216 Å². The van der Waals surface area contributed by atoms with Gasteiger partial charge in [-0.3, -0.25) is 4.90 Å². The zero-order valence-electron chi connectivity index (χ0n) is 21.0. The Morgan fingerprint density at radius 1 is 1.03 bits per heavy atom. The largest absolute Gasteiger partial charge is 0.370 e. The summed E-state index contributed by atoms with van der Waals surface area (Å²) in [6, 6.07) is 14.2. The fourth-order valence-corrected chi connectivity index (χ4v) is 7.00. The van der Waals surface area contributed by atoms with E-state index in [1.165, 1.54) is 72.3 Å². The monoisotopic (exact) mass is 531 g/mol. The number of hydrogen-bond acceptors (Lipinski definition) is 4. The average Bonchev–Trinajstić information content (AvgIpc) is 3.22. The molecule has 6 heteroatoms. The van der Waals surface area contributed by atoms with Gasteiger partial charge in [0.2, 0.25) is 0 Å². The molecular formula is C29H34BrN5. The van der Waals surface area contributed by atoms with Crippen LogP contribution in [0.25, 0.3) is 10.9 Å². The van der Waals surface area contributed by atoms with Crippen LogP contribution < -0.4 is 4.90 Å². The molecule has 0 unspecified atom stereocenters. The number of nitriles is 1. The van der Waals surface area contributed by atoms with E-state index < -0.39 is 0 Å². The third kappa shape index (κ3) is 3.89. The molecule has 0 spiro atoms. The molecule has 3 heterocycles. The summed E-state index contributed by atoms with van der Waals surface area (Å²) in [5, 5.41) is 11.4. The van der Waals surface area contributed by atoms with Crippen molar-refractivity contribution in [3.05, 3.63) is 62.8 Å². The summed E-state index contributed by atoms with van der Waals surface area (Å²) in [6.07, 6.45) is 3.22. The summed E-state index contributed by atoms with van der Waals surface area (Å²) in [4.78, 5) is 11.3. The SMILES string of the molecule is CN1CCN(C2CCN(c3cc4c(cc3C#N)Cc3c([nH]c5cc(Br)ccc35)C4(C)C)CC2)CC1. The van der Waals surface area contributed by atoms with Crippen molar-refractivity contribution in [3.63, 3.8) is 0 Å². The van der Waals surface area contributed by atoms with E-state index in [9.17, 15) is 5.26 Å². The Morgan fingerprint density at radius 3 is 2.49 bits per heavy atom. The number of fused-ring (bicyclic) bond motifs is 4. The minimum Gasteiger partial charge on any atom is -0.370 e. The highest BCUT2D eigenvalue weighted by Gasteiger charge is 2.37. The molecule has 2 aromatic carbocycles. The van der Waals surface area contributed by atoms with Crippen LogP contribution in [-0.2, 0) is 11.8 Å². The van der Waals surface area contributed by atoms with E-state index in [1.807, 2.05) is 0 Å². The summed E-state index contributed by atoms with van der Waals surface area (Å²) >= 11 is 3.62. The average molecular weight is 533 g/mol. The summed E-state index contributed by atoms with van der Waals surface area (Å²) in [7, 11) is 2.22. The van der Waals surface area contributed by atoms with Crippen molar-refractivity contribution < 1.29 is 0 Å². The number of H-pyrrole nitrogens is 1. The van der Waals surface area contributed by atoms with Crippen LogP contribution >= 0.6 is 15.9 Å². The highest BCUT2D eigenvalue weighted by atomic mass is 79.9. The zero-order chi connectivity index (χ0) is 24.3. The molecule has 1 N–H and O–H groups in total. The van der Waals surface area contributed by atoms with E-state index in [0.717, 1.165) is 35.2 Å². The first-order valence-electron chi connectivity index (χ1n) is 12.9. The normalized spacial score (nSPS) is 21.1. The summed E-state index contributed by atoms with van der Waals surface area (Å²) in [5.74, 6) is 0. The second-order valence-electron chi connectivity index (χ2n) is 11.2. The number of likely N-dealkylation sites (N-methyl/N-ethyl adjacent to an activating group) is 1. The van der Waals surface area contributed by atoms with Crippen LogP contribution in [0, 0.1) is 11.3 Å². The van der Waals surface area contributed by atoms with Crippen molar-refractivity contribution in [3.8, 4) is 6.07 Å². The fourth-order valence-electron chi connectivity index (χ4n) is 6.64. The molecule has 3 aromatic rings. The molecule has 0 radical (unpaired) electrons. The molecule has 1 aliphatic carbocycles. The van der Waals surface area contributed by atoms with Gasteiger partial charge in [0.15, 0.2) is 0 Å². The Balaban J connectivity index is 1.30. The predicted octanol–water partition coefficient (Wildman–Crippen LogP) is 5.25. The second-order valence-corrected chi connectivity index (χ2v) is 12.1. The van der Waals surface area contributed by atoms with Gasteiger partial charge < -0.3 is 14.8 Å². The van der Waals surface area contributed by atoms with Crippen molar-refractivity contribution >= 4 is 32.5 Å². The molecule has 3 aliphatic rings. The Morgan fingerprint density at radius 2 is 1.77 bits per heavy atom. The highest BCUT2D eigenvalue weighted by Crippen LogP contribution is 2.46. The lowest BCUT2D eigenvalue weighted by Gasteiger charge is -2.43. The smallest absolute Gasteiger partial charge is 0.101 e. The summed E-state index contributed by atoms with van der Waals surface area (Å²) in [5.41, 5.74) is 8.30. The van der Waals surface area contributed by atoms with Gasteiger partial charge >= 0.3 is 0 Å². The molecule has 0 bridgehead atoms. The number of rotatable bonds is 2. The second kappa shape index (κ2) is 8.65. The summed E-state index contributed by atoms with van der Waals surface area (Å²) in [6.45, 7) is 11.4. The van der Waals surface area contributed by atoms with E-state index in [4.69, 9.17) is 0 Å². The summed E-state index contributed by atoms with van der Waals surface area (Å²) < 4.78 is 1.09. The Hall–Kier alpha value is -2.33. The fraction of sp³-hybridized carbons (Fsp3) is 0.483. The van der Waals surface area contributed by atoms with Gasteiger partial charge in [0.05, 0.1) is 11.3 Å². The van der Waals surface area contributed by atoms with Crippen molar-refractivity contribution in [2.24, 2.45) is 0 Å². The maximum Gasteiger partial charge on any atom is 0.101 e. The van der Waals surface area contributed by atoms with Gasteiger partial charge in [-0.25, -0.2) is 0 Å². The predicted molar refractivity (Wildman–Crippen MR) is 146 cm³/mol. The van der Waals surface area contributed by atoms with Crippen molar-refractivity contribution in [2.75, 3.05) is 51.2 Å². The van der Waals surface area contributed by atoms with Gasteiger partial charge in [0.1, 0.15) is 6.07 Å². The molecule has 6 rings (SSSR count). The number of piperidine rings is 1. The lowest BCUT2D eigenvalue weighted by atomic mass is 9.71. The van der Waals surface area contributed by atoms with Crippen LogP contribution in [0.3, 0.4) is 0 Å². The highest BCUT2D eigenvalue weighted by molar-refractivity contribution is 9.10. The number of aromatic nitrogens is 1. The molecule has 1 aromatic heterocycles. The molecule has 2 aliphatic heterocycles. The maximum absolute atomic E-state index is 10.1. The van der Waals surface area contributed by atoms with Gasteiger partial charge in [-0.15, -0.1) is 0 Å². The van der Waals surface area contributed by atoms with E-state index in [-0.39, 0.29) is 5.41 Å². The van der Waals surface area contributed by atoms with Crippen molar-refractivity contribution in [1.29, 1.82) is 5.26 Å². The first-order valence-corrected chi connectivity index (χ1v) is 13.7. The number of nitrogens with one attached hydrogen (secondary N) is 1. The minimum absolute atomic E-state index is 0.144. The van der Waals surface area contributed by atoms with E-state index >= 15 is 0 Å². The number of anilines is 1. The van der Waals surface area contributed by atoms with Crippen LogP contribution in [0.2, 0.25) is 0 Å². The number of piperazine rings is 1. The van der Waals surface area contributed by atoms with Crippen molar-refractivity contribution in [1.82, 2.24) is 14.8 Å². The quantitative estimate of drug-likeness (QED) is 0.490. The first kappa shape index (κ1) is 23.1. The topological polar surface area (TPSA) is 49.3 Å². The van der Waals surface area contributed by atoms with Gasteiger partial charge in [0.25, 0.3) is 0 Å². The Kier molecular flexibility index (Phi) is 5.71. The van der Waals surface area contributed by atoms with E-state index in [0.29, 0.717) is 6.04 Å². The van der Waals surface area contributed by atoms with Gasteiger partial charge in [-0.2, -0.15) is 5.26 Å². The molecule has 182 valence electrons. The van der Waals surface area contributed by atoms with Crippen LogP contribution in [0.15, 0.2) is 34.8 Å². The number of nitrogens with zero attached hydrogens (tertiary/aromatic N) is 4. The number of aromatic amines is 1. The lowest BCUT2D eigenvalue weighted by molar-refractivity contribution is 0.0982.